The predicted molar refractivity (Wildman–Crippen MR) is 65.6 cm³/mol. The fourth-order valence-corrected chi connectivity index (χ4v) is 1.84. The molecule has 1 rings (SSSR count). The van der Waals surface area contributed by atoms with Gasteiger partial charge in [0.2, 0.25) is 0 Å². The summed E-state index contributed by atoms with van der Waals surface area (Å²) in [5.41, 5.74) is 2.07. The second-order valence-electron chi connectivity index (χ2n) is 3.08. The lowest BCUT2D eigenvalue weighted by atomic mass is 10.3. The van der Waals surface area contributed by atoms with Crippen molar-refractivity contribution in [3.8, 4) is 0 Å². The van der Waals surface area contributed by atoms with E-state index in [0.29, 0.717) is 12.3 Å². The summed E-state index contributed by atoms with van der Waals surface area (Å²) in [7, 11) is 1.91. The van der Waals surface area contributed by atoms with Crippen LogP contribution in [0.2, 0.25) is 0 Å². The van der Waals surface area contributed by atoms with Crippen molar-refractivity contribution in [3.05, 3.63) is 22.2 Å². The number of nitrogens with zero attached hydrogens (tertiary/aromatic N) is 1. The number of hydrogen-bond acceptors (Lipinski definition) is 5. The second kappa shape index (κ2) is 7.14. The molecule has 0 spiro atoms. The van der Waals surface area contributed by atoms with Crippen LogP contribution in [0.25, 0.3) is 6.08 Å². The van der Waals surface area contributed by atoms with Crippen LogP contribution in [0.15, 0.2) is 11.6 Å². The number of thiazole rings is 1. The molecule has 0 aliphatic heterocycles. The van der Waals surface area contributed by atoms with Crippen molar-refractivity contribution in [3.63, 3.8) is 0 Å². The van der Waals surface area contributed by atoms with Crippen molar-refractivity contribution < 1.29 is 9.53 Å². The van der Waals surface area contributed by atoms with Gasteiger partial charge in [0, 0.05) is 0 Å². The van der Waals surface area contributed by atoms with Crippen LogP contribution in [-0.4, -0.2) is 31.2 Å². The Morgan fingerprint density at radius 3 is 3.19 bits per heavy atom. The maximum absolute atomic E-state index is 11.5. The topological polar surface area (TPSA) is 51.2 Å². The normalized spacial score (nSPS) is 10.9. The minimum Gasteiger partial charge on any atom is -0.461 e. The average molecular weight is 240 g/mol. The van der Waals surface area contributed by atoms with Gasteiger partial charge in [0.1, 0.15) is 0 Å². The molecule has 88 valence electrons. The number of rotatable bonds is 6. The Balaban J connectivity index is 2.63. The third-order valence-electron chi connectivity index (χ3n) is 1.89. The lowest BCUT2D eigenvalue weighted by molar-refractivity contribution is 0.0520. The number of aromatic nitrogens is 1. The van der Waals surface area contributed by atoms with E-state index in [1.807, 2.05) is 19.2 Å². The van der Waals surface area contributed by atoms with Gasteiger partial charge in [-0.1, -0.05) is 6.08 Å². The van der Waals surface area contributed by atoms with E-state index in [9.17, 15) is 4.79 Å². The van der Waals surface area contributed by atoms with Crippen molar-refractivity contribution in [1.82, 2.24) is 10.3 Å². The van der Waals surface area contributed by atoms with Gasteiger partial charge in [0.25, 0.3) is 0 Å². The number of nitrogens with one attached hydrogen (secondary N) is 1. The van der Waals surface area contributed by atoms with Crippen LogP contribution in [0.5, 0.6) is 0 Å². The van der Waals surface area contributed by atoms with Crippen LogP contribution in [0.1, 0.15) is 28.7 Å². The quantitative estimate of drug-likeness (QED) is 0.610. The molecular formula is C11H16N2O2S. The monoisotopic (exact) mass is 240 g/mol. The largest absolute Gasteiger partial charge is 0.461 e. The molecule has 0 unspecified atom stereocenters. The van der Waals surface area contributed by atoms with Crippen molar-refractivity contribution >= 4 is 23.4 Å². The molecule has 1 aromatic heterocycles. The Morgan fingerprint density at radius 2 is 2.50 bits per heavy atom. The standard InChI is InChI=1S/C11H16N2O2S/c1-3-15-11(14)10-9(16-8-13-10)6-4-5-7-12-2/h4,6,8,12H,3,5,7H2,1-2H3. The summed E-state index contributed by atoms with van der Waals surface area (Å²) < 4.78 is 4.91. The highest BCUT2D eigenvalue weighted by molar-refractivity contribution is 7.10. The number of esters is 1. The molecule has 16 heavy (non-hydrogen) atoms. The van der Waals surface area contributed by atoms with Gasteiger partial charge >= 0.3 is 5.97 Å². The van der Waals surface area contributed by atoms with Crippen LogP contribution >= 0.6 is 11.3 Å². The number of hydrogen-bond donors (Lipinski definition) is 1. The van der Waals surface area contributed by atoms with Gasteiger partial charge in [-0.2, -0.15) is 0 Å². The van der Waals surface area contributed by atoms with Gasteiger partial charge in [-0.05, 0) is 33.0 Å². The van der Waals surface area contributed by atoms with Crippen LogP contribution in [0, 0.1) is 0 Å². The molecule has 0 bridgehead atoms. The number of carbonyl (C=O) groups excluding carboxylic acids is 1. The van der Waals surface area contributed by atoms with E-state index in [0.717, 1.165) is 17.8 Å². The molecule has 1 aromatic rings. The van der Waals surface area contributed by atoms with E-state index in [1.165, 1.54) is 11.3 Å². The molecule has 0 saturated carbocycles. The van der Waals surface area contributed by atoms with Gasteiger partial charge in [0.15, 0.2) is 5.69 Å². The summed E-state index contributed by atoms with van der Waals surface area (Å²) in [4.78, 5) is 16.4. The highest BCUT2D eigenvalue weighted by Crippen LogP contribution is 2.16. The first-order valence-corrected chi connectivity index (χ1v) is 6.09. The molecular weight excluding hydrogens is 224 g/mol. The Hall–Kier alpha value is -1.20. The zero-order chi connectivity index (χ0) is 11.8. The fourth-order valence-electron chi connectivity index (χ4n) is 1.14. The van der Waals surface area contributed by atoms with E-state index in [2.05, 4.69) is 10.3 Å². The summed E-state index contributed by atoms with van der Waals surface area (Å²) in [6.07, 6.45) is 4.87. The van der Waals surface area contributed by atoms with Crippen LogP contribution < -0.4 is 5.32 Å². The summed E-state index contributed by atoms with van der Waals surface area (Å²) in [6.45, 7) is 3.08. The Kier molecular flexibility index (Phi) is 5.74. The van der Waals surface area contributed by atoms with E-state index in [4.69, 9.17) is 4.74 Å². The molecule has 5 heteroatoms. The third kappa shape index (κ3) is 3.75. The lowest BCUT2D eigenvalue weighted by Gasteiger charge is -1.98. The van der Waals surface area contributed by atoms with Crippen LogP contribution in [0.4, 0.5) is 0 Å². The van der Waals surface area contributed by atoms with Crippen molar-refractivity contribution in [2.24, 2.45) is 0 Å². The van der Waals surface area contributed by atoms with Gasteiger partial charge in [-0.15, -0.1) is 11.3 Å². The second-order valence-corrected chi connectivity index (χ2v) is 3.97. The molecule has 0 aliphatic rings. The fraction of sp³-hybridized carbons (Fsp3) is 0.455. The summed E-state index contributed by atoms with van der Waals surface area (Å²) >= 11 is 1.44. The molecule has 0 amide bonds. The minimum atomic E-state index is -0.350. The number of carbonyl (C=O) groups is 1. The van der Waals surface area contributed by atoms with Crippen molar-refractivity contribution in [2.75, 3.05) is 20.2 Å². The zero-order valence-corrected chi connectivity index (χ0v) is 10.3. The first-order valence-electron chi connectivity index (χ1n) is 5.21. The van der Waals surface area contributed by atoms with Crippen LogP contribution in [0.3, 0.4) is 0 Å². The zero-order valence-electron chi connectivity index (χ0n) is 9.53. The summed E-state index contributed by atoms with van der Waals surface area (Å²) in [6, 6.07) is 0. The molecule has 0 radical (unpaired) electrons. The maximum Gasteiger partial charge on any atom is 0.358 e. The lowest BCUT2D eigenvalue weighted by Crippen LogP contribution is -2.06. The molecule has 0 fully saturated rings. The molecule has 4 nitrogen and oxygen atoms in total. The van der Waals surface area contributed by atoms with Crippen molar-refractivity contribution in [2.45, 2.75) is 13.3 Å². The minimum absolute atomic E-state index is 0.350. The molecule has 1 N–H and O–H groups in total. The summed E-state index contributed by atoms with van der Waals surface area (Å²) in [5, 5.41) is 3.05. The van der Waals surface area contributed by atoms with Gasteiger partial charge in [-0.25, -0.2) is 9.78 Å². The first-order chi connectivity index (χ1) is 7.79. The van der Waals surface area contributed by atoms with E-state index < -0.39 is 0 Å². The Morgan fingerprint density at radius 1 is 1.69 bits per heavy atom. The molecule has 0 aliphatic carbocycles. The van der Waals surface area contributed by atoms with E-state index in [-0.39, 0.29) is 5.97 Å². The van der Waals surface area contributed by atoms with Crippen LogP contribution in [-0.2, 0) is 4.74 Å². The van der Waals surface area contributed by atoms with Gasteiger partial charge in [-0.3, -0.25) is 0 Å². The third-order valence-corrected chi connectivity index (χ3v) is 2.69. The summed E-state index contributed by atoms with van der Waals surface area (Å²) in [5.74, 6) is -0.350. The van der Waals surface area contributed by atoms with Crippen molar-refractivity contribution in [1.29, 1.82) is 0 Å². The average Bonchev–Trinajstić information content (AvgIpc) is 2.73. The van der Waals surface area contributed by atoms with E-state index >= 15 is 0 Å². The highest BCUT2D eigenvalue weighted by atomic mass is 32.1. The maximum atomic E-state index is 11.5. The molecule has 0 saturated heterocycles. The molecule has 1 heterocycles. The predicted octanol–water partition coefficient (Wildman–Crippen LogP) is 1.94. The molecule has 0 aromatic carbocycles. The highest BCUT2D eigenvalue weighted by Gasteiger charge is 2.13. The molecule has 0 atom stereocenters. The first kappa shape index (κ1) is 12.9. The smallest absolute Gasteiger partial charge is 0.358 e. The SMILES string of the molecule is CCOC(=O)c1ncsc1C=CCCNC. The Bertz CT molecular complexity index is 361. The number of ether oxygens (including phenoxy) is 1. The van der Waals surface area contributed by atoms with Gasteiger partial charge in [0.05, 0.1) is 17.0 Å². The Labute approximate surface area is 99.3 Å². The van der Waals surface area contributed by atoms with Gasteiger partial charge < -0.3 is 10.1 Å². The van der Waals surface area contributed by atoms with E-state index in [1.54, 1.807) is 12.4 Å².